The number of halogens is 3. The topological polar surface area (TPSA) is 26.0 Å². The summed E-state index contributed by atoms with van der Waals surface area (Å²) in [7, 11) is 0. The maximum absolute atomic E-state index is 6.04. The van der Waals surface area contributed by atoms with E-state index < -0.39 is 0 Å². The molecule has 1 fully saturated rings. The molecule has 16 heavy (non-hydrogen) atoms. The minimum absolute atomic E-state index is 0.0248. The van der Waals surface area contributed by atoms with Crippen molar-refractivity contribution in [2.24, 2.45) is 11.1 Å². The summed E-state index contributed by atoms with van der Waals surface area (Å²) in [6.45, 7) is 2.75. The lowest BCUT2D eigenvalue weighted by molar-refractivity contribution is 0.508. The predicted molar refractivity (Wildman–Crippen MR) is 70.6 cm³/mol. The third-order valence-electron chi connectivity index (χ3n) is 3.84. The Morgan fingerprint density at radius 2 is 2.00 bits per heavy atom. The molecule has 1 aliphatic rings. The molecule has 2 rings (SSSR count). The molecule has 1 aromatic carbocycles. The van der Waals surface area contributed by atoms with E-state index in [1.807, 2.05) is 18.2 Å². The third kappa shape index (κ3) is 1.65. The van der Waals surface area contributed by atoms with Crippen LogP contribution in [-0.4, -0.2) is 12.4 Å². The highest BCUT2D eigenvalue weighted by molar-refractivity contribution is 6.42. The molecular weight excluding hydrogens is 264 g/mol. The summed E-state index contributed by atoms with van der Waals surface area (Å²) >= 11 is 18.0. The number of hydrogen-bond donors (Lipinski definition) is 1. The molecule has 0 amide bonds. The number of nitrogens with two attached hydrogens (primary N) is 1. The smallest absolute Gasteiger partial charge is 0.0595 e. The van der Waals surface area contributed by atoms with E-state index in [-0.39, 0.29) is 10.8 Å². The summed E-state index contributed by atoms with van der Waals surface area (Å²) in [5.74, 6) is 0.616. The van der Waals surface area contributed by atoms with Crippen molar-refractivity contribution in [1.82, 2.24) is 0 Å². The Bertz CT molecular complexity index is 421. The highest BCUT2D eigenvalue weighted by Gasteiger charge is 2.63. The molecule has 0 aliphatic heterocycles. The number of alkyl halides is 1. The molecule has 0 saturated heterocycles. The summed E-state index contributed by atoms with van der Waals surface area (Å²) in [6.07, 6.45) is 1.01. The average Bonchev–Trinajstić information content (AvgIpc) is 2.91. The maximum Gasteiger partial charge on any atom is 0.0595 e. The van der Waals surface area contributed by atoms with Crippen LogP contribution < -0.4 is 5.73 Å². The first-order valence-corrected chi connectivity index (χ1v) is 6.50. The molecule has 1 aromatic rings. The summed E-state index contributed by atoms with van der Waals surface area (Å²) in [4.78, 5) is 0. The predicted octanol–water partition coefficient (Wildman–Crippen LogP) is 3.84. The highest BCUT2D eigenvalue weighted by atomic mass is 35.5. The van der Waals surface area contributed by atoms with Crippen LogP contribution in [0, 0.1) is 5.41 Å². The maximum atomic E-state index is 6.04. The van der Waals surface area contributed by atoms with Crippen molar-refractivity contribution in [2.45, 2.75) is 18.8 Å². The van der Waals surface area contributed by atoms with Crippen LogP contribution >= 0.6 is 34.8 Å². The molecule has 0 unspecified atom stereocenters. The number of rotatable bonds is 3. The fraction of sp³-hybridized carbons (Fsp3) is 0.500. The van der Waals surface area contributed by atoms with Crippen molar-refractivity contribution >= 4 is 34.8 Å². The third-order valence-corrected chi connectivity index (χ3v) is 5.17. The highest BCUT2D eigenvalue weighted by Crippen LogP contribution is 2.64. The van der Waals surface area contributed by atoms with E-state index in [1.54, 1.807) is 0 Å². The van der Waals surface area contributed by atoms with Gasteiger partial charge in [0.1, 0.15) is 0 Å². The monoisotopic (exact) mass is 277 g/mol. The second-order valence-electron chi connectivity index (χ2n) is 4.79. The largest absolute Gasteiger partial charge is 0.330 e. The lowest BCUT2D eigenvalue weighted by atomic mass is 9.88. The molecule has 2 atom stereocenters. The molecule has 1 nitrogen and oxygen atoms in total. The zero-order valence-corrected chi connectivity index (χ0v) is 11.3. The fourth-order valence-corrected chi connectivity index (χ4v) is 3.13. The summed E-state index contributed by atoms with van der Waals surface area (Å²) < 4.78 is 0. The second kappa shape index (κ2) is 4.06. The van der Waals surface area contributed by atoms with Crippen LogP contribution in [0.15, 0.2) is 18.2 Å². The van der Waals surface area contributed by atoms with Crippen molar-refractivity contribution in [3.8, 4) is 0 Å². The van der Waals surface area contributed by atoms with Crippen LogP contribution in [0.3, 0.4) is 0 Å². The lowest BCUT2D eigenvalue weighted by Gasteiger charge is -2.20. The molecule has 0 heterocycles. The minimum atomic E-state index is -0.0248. The number of hydrogen-bond acceptors (Lipinski definition) is 1. The van der Waals surface area contributed by atoms with Gasteiger partial charge in [0.05, 0.1) is 10.0 Å². The van der Waals surface area contributed by atoms with Gasteiger partial charge in [-0.2, -0.15) is 0 Å². The van der Waals surface area contributed by atoms with Gasteiger partial charge in [0, 0.05) is 17.8 Å². The quantitative estimate of drug-likeness (QED) is 0.835. The molecule has 2 N–H and O–H groups in total. The summed E-state index contributed by atoms with van der Waals surface area (Å²) in [5.41, 5.74) is 7.11. The van der Waals surface area contributed by atoms with E-state index in [1.165, 1.54) is 0 Å². The molecule has 0 bridgehead atoms. The first-order chi connectivity index (χ1) is 7.49. The Morgan fingerprint density at radius 3 is 2.44 bits per heavy atom. The Kier molecular flexibility index (Phi) is 3.17. The van der Waals surface area contributed by atoms with Gasteiger partial charge in [0.2, 0.25) is 0 Å². The Morgan fingerprint density at radius 1 is 1.31 bits per heavy atom. The van der Waals surface area contributed by atoms with Crippen LogP contribution in [-0.2, 0) is 5.41 Å². The molecule has 88 valence electrons. The van der Waals surface area contributed by atoms with E-state index in [0.717, 1.165) is 12.0 Å². The Hall–Kier alpha value is 0.0500. The number of benzene rings is 1. The molecule has 0 aromatic heterocycles. The van der Waals surface area contributed by atoms with Crippen molar-refractivity contribution < 1.29 is 0 Å². The normalized spacial score (nSPS) is 32.8. The van der Waals surface area contributed by atoms with E-state index in [4.69, 9.17) is 40.5 Å². The first kappa shape index (κ1) is 12.5. The Labute approximate surface area is 111 Å². The SMILES string of the molecule is C[C@@]1(CCl)C[C@]1(CN)c1ccc(Cl)c(Cl)c1. The van der Waals surface area contributed by atoms with Gasteiger partial charge in [0.15, 0.2) is 0 Å². The fourth-order valence-electron chi connectivity index (χ4n) is 2.48. The van der Waals surface area contributed by atoms with Crippen molar-refractivity contribution in [3.05, 3.63) is 33.8 Å². The van der Waals surface area contributed by atoms with Gasteiger partial charge in [-0.05, 0) is 29.5 Å². The van der Waals surface area contributed by atoms with E-state index >= 15 is 0 Å². The van der Waals surface area contributed by atoms with Crippen molar-refractivity contribution in [2.75, 3.05) is 12.4 Å². The molecule has 1 saturated carbocycles. The van der Waals surface area contributed by atoms with E-state index in [2.05, 4.69) is 6.92 Å². The van der Waals surface area contributed by atoms with Gasteiger partial charge in [-0.1, -0.05) is 36.2 Å². The van der Waals surface area contributed by atoms with Crippen LogP contribution in [0.1, 0.15) is 18.9 Å². The molecule has 0 radical (unpaired) electrons. The van der Waals surface area contributed by atoms with Crippen LogP contribution in [0.2, 0.25) is 10.0 Å². The van der Waals surface area contributed by atoms with Crippen molar-refractivity contribution in [3.63, 3.8) is 0 Å². The minimum Gasteiger partial charge on any atom is -0.330 e. The van der Waals surface area contributed by atoms with Gasteiger partial charge in [-0.15, -0.1) is 11.6 Å². The van der Waals surface area contributed by atoms with Crippen LogP contribution in [0.25, 0.3) is 0 Å². The van der Waals surface area contributed by atoms with Gasteiger partial charge >= 0.3 is 0 Å². The zero-order chi connectivity index (χ0) is 12.0. The van der Waals surface area contributed by atoms with Gasteiger partial charge in [-0.25, -0.2) is 0 Å². The zero-order valence-electron chi connectivity index (χ0n) is 9.06. The van der Waals surface area contributed by atoms with E-state index in [9.17, 15) is 0 Å². The van der Waals surface area contributed by atoms with Gasteiger partial charge < -0.3 is 5.73 Å². The van der Waals surface area contributed by atoms with Crippen LogP contribution in [0.4, 0.5) is 0 Å². The first-order valence-electron chi connectivity index (χ1n) is 5.21. The average molecular weight is 279 g/mol. The molecular formula is C12H14Cl3N. The van der Waals surface area contributed by atoms with Crippen molar-refractivity contribution in [1.29, 1.82) is 0 Å². The second-order valence-corrected chi connectivity index (χ2v) is 5.87. The van der Waals surface area contributed by atoms with Gasteiger partial charge in [0.25, 0.3) is 0 Å². The summed E-state index contributed by atoms with van der Waals surface area (Å²) in [6, 6.07) is 5.73. The molecule has 4 heteroatoms. The Balaban J connectivity index is 2.41. The van der Waals surface area contributed by atoms with Crippen LogP contribution in [0.5, 0.6) is 0 Å². The summed E-state index contributed by atoms with van der Waals surface area (Å²) in [5, 5.41) is 1.15. The van der Waals surface area contributed by atoms with E-state index in [0.29, 0.717) is 22.5 Å². The molecule has 1 aliphatic carbocycles. The van der Waals surface area contributed by atoms with Gasteiger partial charge in [-0.3, -0.25) is 0 Å². The molecule has 0 spiro atoms. The lowest BCUT2D eigenvalue weighted by Crippen LogP contribution is -2.27. The standard InChI is InChI=1S/C12H14Cl3N/c1-11(6-13)5-12(11,7-16)8-2-3-9(14)10(15)4-8/h2-4H,5-7,16H2,1H3/t11-,12-/m0/s1.